The van der Waals surface area contributed by atoms with E-state index in [0.29, 0.717) is 12.1 Å². The number of carbonyl (C=O) groups is 2. The molecule has 20 heavy (non-hydrogen) atoms. The molecule has 1 aromatic carbocycles. The van der Waals surface area contributed by atoms with Crippen molar-refractivity contribution in [1.82, 2.24) is 9.47 Å². The van der Waals surface area contributed by atoms with Gasteiger partial charge in [0, 0.05) is 18.9 Å². The third-order valence-corrected chi connectivity index (χ3v) is 3.34. The lowest BCUT2D eigenvalue weighted by molar-refractivity contribution is 0.0909. The molecule has 5 heteroatoms. The summed E-state index contributed by atoms with van der Waals surface area (Å²) in [6.07, 6.45) is 0.673. The van der Waals surface area contributed by atoms with Crippen molar-refractivity contribution in [2.45, 2.75) is 13.3 Å². The minimum Gasteiger partial charge on any atom is -0.364 e. The monoisotopic (exact) mass is 273 g/mol. The predicted octanol–water partition coefficient (Wildman–Crippen LogP) is 1.50. The summed E-state index contributed by atoms with van der Waals surface area (Å²) in [5.41, 5.74) is 7.39. The molecule has 0 bridgehead atoms. The Bertz CT molecular complexity index is 671. The minimum absolute atomic E-state index is 0.203. The molecule has 1 amide bonds. The number of aromatic nitrogens is 1. The lowest BCUT2D eigenvalue weighted by Gasteiger charge is -2.10. The number of hydrogen-bond donors (Lipinski definition) is 1. The highest BCUT2D eigenvalue weighted by Gasteiger charge is 2.22. The molecule has 0 saturated heterocycles. The third kappa shape index (κ3) is 2.44. The third-order valence-electron chi connectivity index (χ3n) is 3.34. The van der Waals surface area contributed by atoms with Crippen LogP contribution in [-0.4, -0.2) is 41.9 Å². The molecule has 1 aromatic heterocycles. The largest absolute Gasteiger partial charge is 0.364 e. The van der Waals surface area contributed by atoms with Crippen LogP contribution in [0.2, 0.25) is 0 Å². The summed E-state index contributed by atoms with van der Waals surface area (Å²) in [7, 11) is 3.93. The Kier molecular flexibility index (Phi) is 3.90. The topological polar surface area (TPSA) is 68.3 Å². The van der Waals surface area contributed by atoms with Gasteiger partial charge >= 0.3 is 0 Å². The van der Waals surface area contributed by atoms with E-state index < -0.39 is 5.91 Å². The van der Waals surface area contributed by atoms with Gasteiger partial charge in [-0.3, -0.25) is 14.2 Å². The Labute approximate surface area is 118 Å². The molecular weight excluding hydrogens is 254 g/mol. The molecule has 0 aliphatic rings. The molecule has 0 unspecified atom stereocenters. The van der Waals surface area contributed by atoms with Crippen LogP contribution in [0.1, 0.15) is 27.8 Å². The van der Waals surface area contributed by atoms with Gasteiger partial charge in [0.25, 0.3) is 5.91 Å². The van der Waals surface area contributed by atoms with Crippen LogP contribution in [0.15, 0.2) is 24.3 Å². The average molecular weight is 273 g/mol. The molecule has 5 nitrogen and oxygen atoms in total. The van der Waals surface area contributed by atoms with E-state index >= 15 is 0 Å². The van der Waals surface area contributed by atoms with E-state index in [4.69, 9.17) is 5.73 Å². The van der Waals surface area contributed by atoms with Gasteiger partial charge in [-0.2, -0.15) is 0 Å². The second kappa shape index (κ2) is 5.46. The quantitative estimate of drug-likeness (QED) is 0.918. The second-order valence-electron chi connectivity index (χ2n) is 5.12. The molecule has 0 aliphatic carbocycles. The zero-order chi connectivity index (χ0) is 14.9. The first-order chi connectivity index (χ1) is 9.43. The van der Waals surface area contributed by atoms with Gasteiger partial charge in [0.15, 0.2) is 0 Å². The predicted molar refractivity (Wildman–Crippen MR) is 79.0 cm³/mol. The van der Waals surface area contributed by atoms with Crippen molar-refractivity contribution in [3.63, 3.8) is 0 Å². The van der Waals surface area contributed by atoms with Crippen molar-refractivity contribution in [3.8, 4) is 0 Å². The molecule has 0 radical (unpaired) electrons. The Morgan fingerprint density at radius 1 is 1.25 bits per heavy atom. The number of benzene rings is 1. The van der Waals surface area contributed by atoms with Crippen LogP contribution in [0.25, 0.3) is 10.9 Å². The van der Waals surface area contributed by atoms with E-state index in [0.717, 1.165) is 23.0 Å². The summed E-state index contributed by atoms with van der Waals surface area (Å²) in [5, 5.41) is 0.915. The number of para-hydroxylation sites is 1. The molecule has 2 aromatic rings. The zero-order valence-corrected chi connectivity index (χ0v) is 12.0. The molecule has 1 heterocycles. The number of carbonyl (C=O) groups excluding carboxylic acids is 2. The molecule has 2 N–H and O–H groups in total. The van der Waals surface area contributed by atoms with Gasteiger partial charge < -0.3 is 10.6 Å². The Hall–Kier alpha value is -2.14. The molecule has 0 saturated carbocycles. The number of nitrogens with zero attached hydrogens (tertiary/aromatic N) is 2. The van der Waals surface area contributed by atoms with Crippen LogP contribution in [0.4, 0.5) is 0 Å². The van der Waals surface area contributed by atoms with E-state index in [-0.39, 0.29) is 5.91 Å². The molecule has 0 spiro atoms. The summed E-state index contributed by atoms with van der Waals surface area (Å²) >= 11 is 0. The van der Waals surface area contributed by atoms with Gasteiger partial charge in [0.2, 0.25) is 5.91 Å². The van der Waals surface area contributed by atoms with Gasteiger partial charge in [-0.15, -0.1) is 0 Å². The molecule has 0 aliphatic heterocycles. The van der Waals surface area contributed by atoms with Crippen LogP contribution in [-0.2, 0) is 6.42 Å². The number of rotatable bonds is 4. The number of amides is 1. The lowest BCUT2D eigenvalue weighted by atomic mass is 10.1. The van der Waals surface area contributed by atoms with Crippen molar-refractivity contribution in [2.24, 2.45) is 5.73 Å². The van der Waals surface area contributed by atoms with Crippen LogP contribution < -0.4 is 5.73 Å². The highest BCUT2D eigenvalue weighted by atomic mass is 16.2. The van der Waals surface area contributed by atoms with Crippen molar-refractivity contribution >= 4 is 22.7 Å². The smallest absolute Gasteiger partial charge is 0.266 e. The first kappa shape index (κ1) is 14.3. The van der Waals surface area contributed by atoms with Crippen molar-refractivity contribution in [3.05, 3.63) is 35.5 Å². The van der Waals surface area contributed by atoms with E-state index in [1.54, 1.807) is 0 Å². The standard InChI is InChI=1S/C15H19N3O2/c1-10(19)18-13-7-5-4-6-11(13)12(8-9-17(2)3)14(18)15(16)20/h4-7H,8-9H2,1-3H3,(H2,16,20). The SMILES string of the molecule is CC(=O)n1c(C(N)=O)c(CCN(C)C)c2ccccc21. The lowest BCUT2D eigenvalue weighted by Crippen LogP contribution is -2.23. The van der Waals surface area contributed by atoms with Crippen LogP contribution >= 0.6 is 0 Å². The van der Waals surface area contributed by atoms with Crippen molar-refractivity contribution in [1.29, 1.82) is 0 Å². The van der Waals surface area contributed by atoms with Gasteiger partial charge in [0.1, 0.15) is 5.69 Å². The molecule has 106 valence electrons. The summed E-state index contributed by atoms with van der Waals surface area (Å²) in [6, 6.07) is 7.51. The Morgan fingerprint density at radius 2 is 1.90 bits per heavy atom. The summed E-state index contributed by atoms with van der Waals surface area (Å²) in [6.45, 7) is 2.22. The first-order valence-electron chi connectivity index (χ1n) is 6.51. The zero-order valence-electron chi connectivity index (χ0n) is 12.0. The van der Waals surface area contributed by atoms with Crippen LogP contribution in [0, 0.1) is 0 Å². The van der Waals surface area contributed by atoms with Gasteiger partial charge in [-0.05, 0) is 32.1 Å². The second-order valence-corrected chi connectivity index (χ2v) is 5.12. The van der Waals surface area contributed by atoms with Gasteiger partial charge in [0.05, 0.1) is 5.52 Å². The first-order valence-corrected chi connectivity index (χ1v) is 6.51. The summed E-state index contributed by atoms with van der Waals surface area (Å²) < 4.78 is 1.42. The number of primary amides is 1. The fourth-order valence-electron chi connectivity index (χ4n) is 2.48. The number of fused-ring (bicyclic) bond motifs is 1. The maximum absolute atomic E-state index is 11.9. The normalized spacial score (nSPS) is 11.2. The van der Waals surface area contributed by atoms with E-state index in [1.807, 2.05) is 43.3 Å². The fraction of sp³-hybridized carbons (Fsp3) is 0.333. The molecule has 0 fully saturated rings. The molecule has 2 rings (SSSR count). The summed E-state index contributed by atoms with van der Waals surface area (Å²) in [4.78, 5) is 25.7. The Balaban J connectivity index is 2.72. The van der Waals surface area contributed by atoms with Crippen molar-refractivity contribution in [2.75, 3.05) is 20.6 Å². The highest BCUT2D eigenvalue weighted by Crippen LogP contribution is 2.26. The number of likely N-dealkylation sites (N-methyl/N-ethyl adjacent to an activating group) is 1. The minimum atomic E-state index is -0.565. The van der Waals surface area contributed by atoms with E-state index in [1.165, 1.54) is 11.5 Å². The fourth-order valence-corrected chi connectivity index (χ4v) is 2.48. The molecular formula is C15H19N3O2. The summed E-state index contributed by atoms with van der Waals surface area (Å²) in [5.74, 6) is -0.767. The van der Waals surface area contributed by atoms with Gasteiger partial charge in [-0.25, -0.2) is 0 Å². The maximum Gasteiger partial charge on any atom is 0.266 e. The van der Waals surface area contributed by atoms with Crippen molar-refractivity contribution < 1.29 is 9.59 Å². The van der Waals surface area contributed by atoms with Crippen LogP contribution in [0.3, 0.4) is 0 Å². The van der Waals surface area contributed by atoms with Gasteiger partial charge in [-0.1, -0.05) is 18.2 Å². The van der Waals surface area contributed by atoms with E-state index in [2.05, 4.69) is 0 Å². The highest BCUT2D eigenvalue weighted by molar-refractivity contribution is 6.06. The number of hydrogen-bond acceptors (Lipinski definition) is 3. The van der Waals surface area contributed by atoms with Crippen LogP contribution in [0.5, 0.6) is 0 Å². The average Bonchev–Trinajstić information content (AvgIpc) is 2.71. The Morgan fingerprint density at radius 3 is 2.45 bits per heavy atom. The molecule has 0 atom stereocenters. The maximum atomic E-state index is 11.9. The van der Waals surface area contributed by atoms with E-state index in [9.17, 15) is 9.59 Å². The number of nitrogens with two attached hydrogens (primary N) is 1.